The Kier molecular flexibility index (Phi) is 26.0. The van der Waals surface area contributed by atoms with Crippen molar-refractivity contribution in [3.8, 4) is 0 Å². The van der Waals surface area contributed by atoms with Gasteiger partial charge in [-0.1, -0.05) is 0 Å². The third-order valence-corrected chi connectivity index (χ3v) is 20.0. The zero-order valence-electron chi connectivity index (χ0n) is 50.1. The molecule has 3 radical (unpaired) electrons. The van der Waals surface area contributed by atoms with E-state index in [1.54, 1.807) is 43.4 Å². The second-order valence-electron chi connectivity index (χ2n) is 22.2. The molecule has 16 rings (SSSR count). The Labute approximate surface area is 607 Å². The van der Waals surface area contributed by atoms with E-state index < -0.39 is 0 Å². The number of H-pyrrole nitrogens is 2. The number of hydrogen-bond acceptors (Lipinski definition) is 17. The van der Waals surface area contributed by atoms with E-state index in [1.807, 2.05) is 18.5 Å². The number of hydrogen-bond donors (Lipinski definition) is 4. The van der Waals surface area contributed by atoms with Crippen molar-refractivity contribution in [3.05, 3.63) is 112 Å². The van der Waals surface area contributed by atoms with Gasteiger partial charge < -0.3 is 54.3 Å². The molecule has 2 saturated heterocycles. The summed E-state index contributed by atoms with van der Waals surface area (Å²) in [5, 5.41) is 25.0. The minimum absolute atomic E-state index is 0. The molecule has 10 aromatic heterocycles. The number of nitrogens with one attached hydrogen (secondary N) is 2. The molecule has 4 aliphatic carbocycles. The number of carbonyl (C=O) groups is 1. The van der Waals surface area contributed by atoms with E-state index in [4.69, 9.17) is 77.0 Å². The van der Waals surface area contributed by atoms with E-state index in [9.17, 15) is 15.0 Å². The van der Waals surface area contributed by atoms with Gasteiger partial charge in [-0.05, 0) is 192 Å². The molecule has 0 amide bonds. The van der Waals surface area contributed by atoms with Gasteiger partial charge in [-0.2, -0.15) is 24.9 Å². The predicted octanol–water partition coefficient (Wildman–Crippen LogP) is 11.9. The summed E-state index contributed by atoms with van der Waals surface area (Å²) in [5.74, 6) is -0.280. The summed E-state index contributed by atoms with van der Waals surface area (Å²) in [5.41, 5.74) is 4.11. The molecule has 0 bridgehead atoms. The van der Waals surface area contributed by atoms with E-state index in [2.05, 4.69) is 143 Å². The summed E-state index contributed by atoms with van der Waals surface area (Å²) in [7, 11) is 0. The quantitative estimate of drug-likeness (QED) is 0.0945. The zero-order valence-corrected chi connectivity index (χ0v) is 61.2. The number of ether oxygens (including phenoxy) is 4. The summed E-state index contributed by atoms with van der Waals surface area (Å²) < 4.78 is 32.9. The van der Waals surface area contributed by atoms with Gasteiger partial charge in [0.05, 0.1) is 60.2 Å². The van der Waals surface area contributed by atoms with Crippen LogP contribution in [0.3, 0.4) is 0 Å². The van der Waals surface area contributed by atoms with Crippen molar-refractivity contribution in [2.24, 2.45) is 0 Å². The SMILES string of the molecule is Clc1ncc2c(Br)c[nH]c2n1.Clc1ncc2c(Br)cn(C3CCC4(CC3)OCCO4)c2n1.Clc1ncc2cc[nH]c2n1.O=C1CCC(n2cc(Br)c3cnc(Cl)nc32)CC1.OC1CCC(n2cc(Br)c3cnc(Cl)nc32)CC1.OC1CCC2(CC1)OCCO2.[B].[H-].[Na+]. The first kappa shape index (κ1) is 72.2. The molecule has 6 fully saturated rings. The van der Waals surface area contributed by atoms with Gasteiger partial charge >= 0.3 is 29.6 Å². The largest absolute Gasteiger partial charge is 1.00 e. The molecule has 0 unspecified atom stereocenters. The molecule has 10 aromatic rings. The Hall–Kier alpha value is -3.04. The van der Waals surface area contributed by atoms with E-state index in [1.165, 1.54) is 0 Å². The molecule has 0 atom stereocenters. The predicted molar refractivity (Wildman–Crippen MR) is 360 cm³/mol. The first-order valence-corrected chi connectivity index (χ1v) is 34.1. The van der Waals surface area contributed by atoms with Crippen molar-refractivity contribution in [3.63, 3.8) is 0 Å². The van der Waals surface area contributed by atoms with Gasteiger partial charge in [-0.15, -0.1) is 0 Å². The monoisotopic (exact) mass is 1600 g/mol. The van der Waals surface area contributed by atoms with Gasteiger partial charge in [0.25, 0.3) is 0 Å². The summed E-state index contributed by atoms with van der Waals surface area (Å²) in [6.07, 6.45) is 31.9. The molecule has 33 heteroatoms. The van der Waals surface area contributed by atoms with E-state index in [-0.39, 0.29) is 89.6 Å². The average Bonchev–Trinajstić information content (AvgIpc) is 1.67. The summed E-state index contributed by atoms with van der Waals surface area (Å²) in [4.78, 5) is 57.8. The number of carbonyl (C=O) groups excluding carboxylic acids is 1. The molecule has 0 aromatic carbocycles. The molecule has 22 nitrogen and oxygen atoms in total. The zero-order chi connectivity index (χ0) is 62.4. The van der Waals surface area contributed by atoms with Crippen LogP contribution in [-0.2, 0) is 23.7 Å². The molecule has 4 saturated carbocycles. The maximum Gasteiger partial charge on any atom is 1.00 e. The number of fused-ring (bicyclic) bond motifs is 5. The smallest absolute Gasteiger partial charge is 1.00 e. The van der Waals surface area contributed by atoms with Crippen molar-refractivity contribution in [1.82, 2.24) is 73.5 Å². The molecule has 2 spiro atoms. The van der Waals surface area contributed by atoms with Crippen LogP contribution in [0.4, 0.5) is 0 Å². The molecule has 2 aliphatic heterocycles. The molecule has 91 heavy (non-hydrogen) atoms. The van der Waals surface area contributed by atoms with Crippen molar-refractivity contribution < 1.29 is 64.9 Å². The van der Waals surface area contributed by atoms with Crippen LogP contribution >= 0.6 is 122 Å². The van der Waals surface area contributed by atoms with Gasteiger partial charge in [0, 0.05) is 150 Å². The molecule has 4 N–H and O–H groups in total. The molecular formula is C58H61BBr4Cl5N15NaO7. The molecule has 12 heterocycles. The number of aromatic nitrogens is 15. The number of rotatable bonds is 3. The van der Waals surface area contributed by atoms with Crippen molar-refractivity contribution in [2.45, 2.75) is 145 Å². The van der Waals surface area contributed by atoms with E-state index in [0.717, 1.165) is 176 Å². The number of aliphatic hydroxyl groups excluding tert-OH is 2. The Bertz CT molecular complexity index is 4070. The molecule has 6 aliphatic rings. The third kappa shape index (κ3) is 18.0. The van der Waals surface area contributed by atoms with Gasteiger partial charge in [-0.25, -0.2) is 24.9 Å². The molecule has 477 valence electrons. The van der Waals surface area contributed by atoms with Gasteiger partial charge in [0.2, 0.25) is 26.4 Å². The van der Waals surface area contributed by atoms with Gasteiger partial charge in [0.15, 0.2) is 11.6 Å². The number of ketones is 1. The van der Waals surface area contributed by atoms with Gasteiger partial charge in [-0.3, -0.25) is 4.79 Å². The second-order valence-corrected chi connectivity index (χ2v) is 27.3. The van der Waals surface area contributed by atoms with Crippen molar-refractivity contribution >= 4 is 191 Å². The molecular weight excluding hydrogens is 1550 g/mol. The Morgan fingerprint density at radius 2 is 0.857 bits per heavy atom. The first-order valence-electron chi connectivity index (χ1n) is 29.0. The first-order chi connectivity index (χ1) is 42.9. The van der Waals surface area contributed by atoms with Crippen LogP contribution in [-0.4, -0.2) is 148 Å². The fourth-order valence-electron chi connectivity index (χ4n) is 11.9. The van der Waals surface area contributed by atoms with Crippen molar-refractivity contribution in [2.75, 3.05) is 26.4 Å². The standard InChI is InChI=1S/C14H15BrClN3O2.C12H13BrClN3O.C12H11BrClN3O.C8H14O3.C6H3BrClN3.C6H4ClN3.B.Na.H/c15-11-8-19(12-10(11)7-17-13(16)18-12)9-1-3-14(4-2-9)20-5-6-21-14;2*13-10-6-17(7-1-3-8(18)4-2-7)11-9(10)5-15-12(14)16-11;9-7-1-3-8(4-2-7)10-5-6-11-8;7-4-2-9-5-3(4)1-10-6(8)11-5;7-6-9-3-4-1-2-8-5(4)10-6;;;/h7-9H,1-6H2;5-8,18H,1-4H2;5-7H,1-4H2;7,9H,1-6H2;1-2H,(H,9,10,11);1-3H,(H,8,9,10);;;/q;;;;;;;+1;-1. The van der Waals surface area contributed by atoms with Crippen LogP contribution in [0.25, 0.3) is 55.2 Å². The maximum absolute atomic E-state index is 11.3. The van der Waals surface area contributed by atoms with Crippen LogP contribution < -0.4 is 29.6 Å². The minimum atomic E-state index is -0.330. The second kappa shape index (κ2) is 32.8. The van der Waals surface area contributed by atoms with Crippen LogP contribution in [0.15, 0.2) is 85.9 Å². The van der Waals surface area contributed by atoms with E-state index >= 15 is 0 Å². The average molecular weight is 1610 g/mol. The Morgan fingerprint density at radius 1 is 0.484 bits per heavy atom. The number of Topliss-reactive ketones (excluding diaryl/α,β-unsaturated/α-hetero) is 1. The van der Waals surface area contributed by atoms with Crippen molar-refractivity contribution in [1.29, 1.82) is 0 Å². The summed E-state index contributed by atoms with van der Waals surface area (Å²) in [6, 6.07) is 2.99. The third-order valence-electron chi connectivity index (χ3n) is 16.5. The van der Waals surface area contributed by atoms with Crippen LogP contribution in [0.5, 0.6) is 0 Å². The Morgan fingerprint density at radius 3 is 1.32 bits per heavy atom. The van der Waals surface area contributed by atoms with Crippen LogP contribution in [0.1, 0.15) is 122 Å². The van der Waals surface area contributed by atoms with E-state index in [0.29, 0.717) is 50.0 Å². The number of aromatic amines is 2. The topological polar surface area (TPSA) is 270 Å². The van der Waals surface area contributed by atoms with Gasteiger partial charge in [0.1, 0.15) is 34.0 Å². The maximum atomic E-state index is 11.3. The minimum Gasteiger partial charge on any atom is -1.00 e. The van der Waals surface area contributed by atoms with Crippen LogP contribution in [0, 0.1) is 0 Å². The number of aliphatic hydroxyl groups is 2. The summed E-state index contributed by atoms with van der Waals surface area (Å²) in [6.45, 7) is 2.86. The Balaban J connectivity index is 0.000000144. The number of nitrogens with zero attached hydrogens (tertiary/aromatic N) is 13. The van der Waals surface area contributed by atoms with Crippen LogP contribution in [0.2, 0.25) is 26.4 Å². The normalized spacial score (nSPS) is 20.3. The fraction of sp³-hybridized carbons (Fsp3) is 0.466. The summed E-state index contributed by atoms with van der Waals surface area (Å²) >= 11 is 42.7. The fourth-order valence-corrected chi connectivity index (χ4v) is 14.4. The number of halogens is 9.